The summed E-state index contributed by atoms with van der Waals surface area (Å²) in [6, 6.07) is 3.60. The molecule has 116 valence electrons. The lowest BCUT2D eigenvalue weighted by Crippen LogP contribution is -2.33. The van der Waals surface area contributed by atoms with Gasteiger partial charge in [0, 0.05) is 19.6 Å². The molecule has 1 saturated heterocycles. The molecular formula is C16H26N4O. The molecule has 0 unspecified atom stereocenters. The number of hydrogen-bond donors (Lipinski definition) is 1. The average Bonchev–Trinajstić information content (AvgIpc) is 2.66. The van der Waals surface area contributed by atoms with Gasteiger partial charge in [0.05, 0.1) is 0 Å². The highest BCUT2D eigenvalue weighted by molar-refractivity contribution is 5.92. The van der Waals surface area contributed by atoms with Crippen molar-refractivity contribution >= 4 is 11.7 Å². The van der Waals surface area contributed by atoms with Crippen LogP contribution in [0.4, 0.5) is 5.82 Å². The third-order valence-corrected chi connectivity index (χ3v) is 4.07. The van der Waals surface area contributed by atoms with Gasteiger partial charge in [0.15, 0.2) is 5.69 Å². The van der Waals surface area contributed by atoms with E-state index in [1.807, 2.05) is 11.0 Å². The summed E-state index contributed by atoms with van der Waals surface area (Å²) in [7, 11) is 0. The van der Waals surface area contributed by atoms with Gasteiger partial charge in [-0.1, -0.05) is 20.8 Å². The molecule has 1 aliphatic heterocycles. The predicted molar refractivity (Wildman–Crippen MR) is 84.3 cm³/mol. The molecule has 2 rings (SSSR count). The Bertz CT molecular complexity index is 470. The van der Waals surface area contributed by atoms with Gasteiger partial charge in [0.2, 0.25) is 0 Å². The summed E-state index contributed by atoms with van der Waals surface area (Å²) < 4.78 is 0. The molecule has 0 atom stereocenters. The Hall–Kier alpha value is -1.65. The van der Waals surface area contributed by atoms with E-state index in [1.165, 1.54) is 6.42 Å². The lowest BCUT2D eigenvalue weighted by Gasteiger charge is -2.23. The van der Waals surface area contributed by atoms with E-state index in [2.05, 4.69) is 36.3 Å². The van der Waals surface area contributed by atoms with E-state index in [0.717, 1.165) is 44.7 Å². The van der Waals surface area contributed by atoms with Gasteiger partial charge in [-0.05, 0) is 43.2 Å². The van der Waals surface area contributed by atoms with Crippen LogP contribution in [-0.2, 0) is 0 Å². The zero-order valence-corrected chi connectivity index (χ0v) is 13.4. The van der Waals surface area contributed by atoms with Gasteiger partial charge in [0.25, 0.3) is 5.91 Å². The maximum Gasteiger partial charge on any atom is 0.274 e. The second-order valence-electron chi connectivity index (χ2n) is 6.54. The molecule has 1 aliphatic rings. The molecule has 1 aromatic heterocycles. The van der Waals surface area contributed by atoms with Crippen molar-refractivity contribution in [3.63, 3.8) is 0 Å². The molecule has 1 N–H and O–H groups in total. The molecule has 1 fully saturated rings. The van der Waals surface area contributed by atoms with Gasteiger partial charge < -0.3 is 10.2 Å². The first-order valence-corrected chi connectivity index (χ1v) is 7.89. The number of carbonyl (C=O) groups is 1. The lowest BCUT2D eigenvalue weighted by molar-refractivity contribution is 0.0750. The standard InChI is InChI=1S/C16H26N4O/c1-4-10-17-14-7-6-13(18-19-14)15(21)20-11-5-8-16(2,3)9-12-20/h6-7H,4-5,8-12H2,1-3H3,(H,17,19). The fourth-order valence-electron chi connectivity index (χ4n) is 2.58. The van der Waals surface area contributed by atoms with E-state index >= 15 is 0 Å². The van der Waals surface area contributed by atoms with E-state index in [9.17, 15) is 4.79 Å². The summed E-state index contributed by atoms with van der Waals surface area (Å²) >= 11 is 0. The van der Waals surface area contributed by atoms with Crippen LogP contribution in [-0.4, -0.2) is 40.6 Å². The second kappa shape index (κ2) is 6.87. The van der Waals surface area contributed by atoms with Crippen molar-refractivity contribution in [2.75, 3.05) is 25.0 Å². The molecule has 5 nitrogen and oxygen atoms in total. The Morgan fingerprint density at radius 3 is 2.76 bits per heavy atom. The third kappa shape index (κ3) is 4.41. The van der Waals surface area contributed by atoms with E-state index in [0.29, 0.717) is 11.1 Å². The third-order valence-electron chi connectivity index (χ3n) is 4.07. The van der Waals surface area contributed by atoms with Gasteiger partial charge in [-0.3, -0.25) is 4.79 Å². The van der Waals surface area contributed by atoms with Crippen LogP contribution in [0.2, 0.25) is 0 Å². The summed E-state index contributed by atoms with van der Waals surface area (Å²) in [5, 5.41) is 11.3. The van der Waals surface area contributed by atoms with Crippen LogP contribution in [0.5, 0.6) is 0 Å². The number of nitrogens with one attached hydrogen (secondary N) is 1. The summed E-state index contributed by atoms with van der Waals surface area (Å²) in [4.78, 5) is 14.4. The van der Waals surface area contributed by atoms with Crippen LogP contribution in [0.15, 0.2) is 12.1 Å². The molecule has 0 bridgehead atoms. The van der Waals surface area contributed by atoms with Gasteiger partial charge in [-0.2, -0.15) is 0 Å². The van der Waals surface area contributed by atoms with Gasteiger partial charge in [-0.15, -0.1) is 10.2 Å². The van der Waals surface area contributed by atoms with E-state index in [-0.39, 0.29) is 5.91 Å². The molecule has 1 amide bonds. The summed E-state index contributed by atoms with van der Waals surface area (Å²) in [5.74, 6) is 0.729. The molecule has 5 heteroatoms. The SMILES string of the molecule is CCCNc1ccc(C(=O)N2CCCC(C)(C)CC2)nn1. The van der Waals surface area contributed by atoms with Crippen molar-refractivity contribution in [2.45, 2.75) is 46.5 Å². The molecular weight excluding hydrogens is 264 g/mol. The van der Waals surface area contributed by atoms with Gasteiger partial charge in [-0.25, -0.2) is 0 Å². The number of aromatic nitrogens is 2. The van der Waals surface area contributed by atoms with Crippen molar-refractivity contribution in [3.8, 4) is 0 Å². The minimum atomic E-state index is 0.00208. The number of anilines is 1. The Morgan fingerprint density at radius 2 is 2.10 bits per heavy atom. The minimum absolute atomic E-state index is 0.00208. The Labute approximate surface area is 127 Å². The highest BCUT2D eigenvalue weighted by atomic mass is 16.2. The zero-order chi connectivity index (χ0) is 15.3. The Kier molecular flexibility index (Phi) is 5.15. The van der Waals surface area contributed by atoms with Crippen molar-refractivity contribution < 1.29 is 4.79 Å². The van der Waals surface area contributed by atoms with Crippen molar-refractivity contribution in [3.05, 3.63) is 17.8 Å². The first kappa shape index (κ1) is 15.7. The van der Waals surface area contributed by atoms with Gasteiger partial charge in [0.1, 0.15) is 5.82 Å². The second-order valence-corrected chi connectivity index (χ2v) is 6.54. The highest BCUT2D eigenvalue weighted by Gasteiger charge is 2.26. The largest absolute Gasteiger partial charge is 0.369 e. The number of likely N-dealkylation sites (tertiary alicyclic amines) is 1. The topological polar surface area (TPSA) is 58.1 Å². The van der Waals surface area contributed by atoms with Crippen LogP contribution in [0.3, 0.4) is 0 Å². The smallest absolute Gasteiger partial charge is 0.274 e. The van der Waals surface area contributed by atoms with Crippen LogP contribution in [0, 0.1) is 5.41 Å². The summed E-state index contributed by atoms with van der Waals surface area (Å²) in [6.07, 6.45) is 4.30. The van der Waals surface area contributed by atoms with E-state index < -0.39 is 0 Å². The molecule has 0 aromatic carbocycles. The first-order chi connectivity index (χ1) is 10.0. The quantitative estimate of drug-likeness (QED) is 0.926. The van der Waals surface area contributed by atoms with E-state index in [4.69, 9.17) is 0 Å². The van der Waals surface area contributed by atoms with Crippen LogP contribution < -0.4 is 5.32 Å². The lowest BCUT2D eigenvalue weighted by atomic mass is 9.85. The number of carbonyl (C=O) groups excluding carboxylic acids is 1. The van der Waals surface area contributed by atoms with Crippen molar-refractivity contribution in [1.82, 2.24) is 15.1 Å². The molecule has 0 aliphatic carbocycles. The predicted octanol–water partition coefficient (Wildman–Crippen LogP) is 2.95. The number of hydrogen-bond acceptors (Lipinski definition) is 4. The average molecular weight is 290 g/mol. The first-order valence-electron chi connectivity index (χ1n) is 7.89. The number of amides is 1. The van der Waals surface area contributed by atoms with E-state index in [1.54, 1.807) is 6.07 Å². The molecule has 0 spiro atoms. The normalized spacial score (nSPS) is 18.1. The van der Waals surface area contributed by atoms with Crippen molar-refractivity contribution in [2.24, 2.45) is 5.41 Å². The zero-order valence-electron chi connectivity index (χ0n) is 13.4. The van der Waals surface area contributed by atoms with Gasteiger partial charge >= 0.3 is 0 Å². The monoisotopic (exact) mass is 290 g/mol. The van der Waals surface area contributed by atoms with Crippen LogP contribution >= 0.6 is 0 Å². The van der Waals surface area contributed by atoms with Crippen molar-refractivity contribution in [1.29, 1.82) is 0 Å². The number of nitrogens with zero attached hydrogens (tertiary/aromatic N) is 3. The summed E-state index contributed by atoms with van der Waals surface area (Å²) in [6.45, 7) is 9.13. The maximum absolute atomic E-state index is 12.5. The molecule has 2 heterocycles. The Balaban J connectivity index is 1.99. The Morgan fingerprint density at radius 1 is 1.29 bits per heavy atom. The van der Waals surface area contributed by atoms with Crippen LogP contribution in [0.25, 0.3) is 0 Å². The fraction of sp³-hybridized carbons (Fsp3) is 0.688. The summed E-state index contributed by atoms with van der Waals surface area (Å²) in [5.41, 5.74) is 0.769. The fourth-order valence-corrected chi connectivity index (χ4v) is 2.58. The molecule has 1 aromatic rings. The number of rotatable bonds is 4. The molecule has 21 heavy (non-hydrogen) atoms. The minimum Gasteiger partial charge on any atom is -0.369 e. The maximum atomic E-state index is 12.5. The molecule has 0 saturated carbocycles. The molecule has 0 radical (unpaired) electrons. The highest BCUT2D eigenvalue weighted by Crippen LogP contribution is 2.30. The van der Waals surface area contributed by atoms with Crippen LogP contribution in [0.1, 0.15) is 56.9 Å².